The van der Waals surface area contributed by atoms with E-state index in [0.29, 0.717) is 12.8 Å². The van der Waals surface area contributed by atoms with Gasteiger partial charge in [0.1, 0.15) is 5.25 Å². The Morgan fingerprint density at radius 3 is 2.36 bits per heavy atom. The van der Waals surface area contributed by atoms with Crippen LogP contribution in [-0.2, 0) is 15.0 Å². The van der Waals surface area contributed by atoms with Crippen molar-refractivity contribution >= 4 is 16.0 Å². The van der Waals surface area contributed by atoms with Crippen molar-refractivity contribution in [2.45, 2.75) is 30.9 Å². The van der Waals surface area contributed by atoms with Crippen LogP contribution in [-0.4, -0.2) is 19.5 Å². The maximum absolute atomic E-state index is 12.3. The van der Waals surface area contributed by atoms with E-state index in [1.807, 2.05) is 0 Å². The normalized spacial score (nSPS) is 27.0. The maximum atomic E-state index is 12.3. The number of carbonyl (C=O) groups excluding carboxylic acids is 1. The molecule has 1 aliphatic rings. The summed E-state index contributed by atoms with van der Waals surface area (Å²) in [5.41, 5.74) is 0. The Balaban J connectivity index is 2.78. The lowest BCUT2D eigenvalue weighted by atomic mass is 9.99. The van der Waals surface area contributed by atoms with Crippen LogP contribution in [0.3, 0.4) is 0 Å². The molecule has 1 saturated carbocycles. The first kappa shape index (κ1) is 8.64. The van der Waals surface area contributed by atoms with Crippen LogP contribution in [0, 0.1) is 0 Å². The SMILES string of the molecule is O=C1CCCCC1S(=O)(=O)F. The Morgan fingerprint density at radius 1 is 1.36 bits per heavy atom. The fourth-order valence-corrected chi connectivity index (χ4v) is 2.13. The molecule has 5 heteroatoms. The van der Waals surface area contributed by atoms with Crippen LogP contribution in [0.5, 0.6) is 0 Å². The third kappa shape index (κ3) is 1.99. The highest BCUT2D eigenvalue weighted by atomic mass is 32.3. The van der Waals surface area contributed by atoms with E-state index < -0.39 is 21.3 Å². The highest BCUT2D eigenvalue weighted by molar-refractivity contribution is 7.87. The predicted octanol–water partition coefficient (Wildman–Crippen LogP) is 0.797. The molecule has 1 rings (SSSR count). The third-order valence-corrected chi connectivity index (χ3v) is 3.02. The zero-order valence-electron chi connectivity index (χ0n) is 5.92. The molecular formula is C6H9FO3S. The molecule has 0 saturated heterocycles. The lowest BCUT2D eigenvalue weighted by molar-refractivity contribution is -0.119. The Bertz CT molecular complexity index is 257. The van der Waals surface area contributed by atoms with Crippen LogP contribution in [0.25, 0.3) is 0 Å². The zero-order chi connectivity index (χ0) is 8.48. The molecule has 0 spiro atoms. The standard InChI is InChI=1S/C6H9FO3S/c7-11(9,10)6-4-2-1-3-5(6)8/h6H,1-4H2. The minimum atomic E-state index is -4.62. The molecule has 0 aromatic carbocycles. The monoisotopic (exact) mass is 180 g/mol. The van der Waals surface area contributed by atoms with E-state index in [1.165, 1.54) is 0 Å². The molecule has 0 aliphatic heterocycles. The summed E-state index contributed by atoms with van der Waals surface area (Å²) in [6.07, 6.45) is 1.66. The lowest BCUT2D eigenvalue weighted by Gasteiger charge is -2.15. The van der Waals surface area contributed by atoms with Gasteiger partial charge in [0.25, 0.3) is 0 Å². The Kier molecular flexibility index (Phi) is 2.27. The van der Waals surface area contributed by atoms with Crippen LogP contribution < -0.4 is 0 Å². The maximum Gasteiger partial charge on any atom is 0.312 e. The minimum Gasteiger partial charge on any atom is -0.298 e. The molecule has 0 amide bonds. The number of halogens is 1. The van der Waals surface area contributed by atoms with E-state index in [-0.39, 0.29) is 12.8 Å². The number of hydrogen-bond donors (Lipinski definition) is 0. The molecule has 1 atom stereocenters. The minimum absolute atomic E-state index is 0.150. The molecule has 1 aliphatic carbocycles. The molecule has 0 bridgehead atoms. The largest absolute Gasteiger partial charge is 0.312 e. The third-order valence-electron chi connectivity index (χ3n) is 1.84. The van der Waals surface area contributed by atoms with Crippen LogP contribution in [0.1, 0.15) is 25.7 Å². The van der Waals surface area contributed by atoms with Gasteiger partial charge in [-0.05, 0) is 12.8 Å². The van der Waals surface area contributed by atoms with Gasteiger partial charge in [0, 0.05) is 6.42 Å². The van der Waals surface area contributed by atoms with Crippen molar-refractivity contribution in [3.63, 3.8) is 0 Å². The molecule has 0 aromatic rings. The van der Waals surface area contributed by atoms with Crippen molar-refractivity contribution in [2.75, 3.05) is 0 Å². The molecule has 0 aromatic heterocycles. The average Bonchev–Trinajstić information content (AvgIpc) is 1.86. The van der Waals surface area contributed by atoms with Crippen LogP contribution in [0.4, 0.5) is 3.89 Å². The van der Waals surface area contributed by atoms with Gasteiger partial charge in [0.15, 0.2) is 5.78 Å². The number of ketones is 1. The van der Waals surface area contributed by atoms with E-state index in [1.54, 1.807) is 0 Å². The second-order valence-electron chi connectivity index (χ2n) is 2.68. The highest BCUT2D eigenvalue weighted by Crippen LogP contribution is 2.21. The second-order valence-corrected chi connectivity index (χ2v) is 4.20. The number of hydrogen-bond acceptors (Lipinski definition) is 3. The van der Waals surface area contributed by atoms with E-state index in [9.17, 15) is 17.1 Å². The van der Waals surface area contributed by atoms with Crippen LogP contribution in [0.15, 0.2) is 0 Å². The molecule has 3 nitrogen and oxygen atoms in total. The van der Waals surface area contributed by atoms with Gasteiger partial charge >= 0.3 is 10.2 Å². The van der Waals surface area contributed by atoms with Gasteiger partial charge in [-0.3, -0.25) is 4.79 Å². The van der Waals surface area contributed by atoms with Crippen molar-refractivity contribution in [3.05, 3.63) is 0 Å². The van der Waals surface area contributed by atoms with Crippen LogP contribution in [0.2, 0.25) is 0 Å². The zero-order valence-corrected chi connectivity index (χ0v) is 6.73. The molecule has 64 valence electrons. The summed E-state index contributed by atoms with van der Waals surface area (Å²) in [6.45, 7) is 0. The first-order valence-corrected chi connectivity index (χ1v) is 4.92. The van der Waals surface area contributed by atoms with Crippen molar-refractivity contribution in [1.82, 2.24) is 0 Å². The molecule has 0 N–H and O–H groups in total. The summed E-state index contributed by atoms with van der Waals surface area (Å²) < 4.78 is 32.9. The second kappa shape index (κ2) is 2.89. The number of carbonyl (C=O) groups is 1. The summed E-state index contributed by atoms with van der Waals surface area (Å²) in [4.78, 5) is 10.8. The first-order chi connectivity index (χ1) is 5.02. The van der Waals surface area contributed by atoms with Gasteiger partial charge in [-0.2, -0.15) is 8.42 Å². The quantitative estimate of drug-likeness (QED) is 0.561. The molecule has 0 heterocycles. The lowest BCUT2D eigenvalue weighted by Crippen LogP contribution is -2.30. The van der Waals surface area contributed by atoms with Crippen molar-refractivity contribution in [1.29, 1.82) is 0 Å². The Morgan fingerprint density at radius 2 is 2.00 bits per heavy atom. The van der Waals surface area contributed by atoms with Gasteiger partial charge in [0.2, 0.25) is 0 Å². The van der Waals surface area contributed by atoms with Crippen molar-refractivity contribution in [3.8, 4) is 0 Å². The number of Topliss-reactive ketones (excluding diaryl/α,β-unsaturated/α-hetero) is 1. The van der Waals surface area contributed by atoms with Crippen molar-refractivity contribution in [2.24, 2.45) is 0 Å². The summed E-state index contributed by atoms with van der Waals surface area (Å²) in [7, 11) is -4.62. The van der Waals surface area contributed by atoms with Gasteiger partial charge < -0.3 is 0 Å². The van der Waals surface area contributed by atoms with Gasteiger partial charge in [-0.1, -0.05) is 6.42 Å². The van der Waals surface area contributed by atoms with E-state index in [0.717, 1.165) is 0 Å². The van der Waals surface area contributed by atoms with Gasteiger partial charge in [0.05, 0.1) is 0 Å². The number of rotatable bonds is 1. The van der Waals surface area contributed by atoms with Crippen molar-refractivity contribution < 1.29 is 17.1 Å². The predicted molar refractivity (Wildman–Crippen MR) is 37.3 cm³/mol. The fourth-order valence-electron chi connectivity index (χ4n) is 1.25. The Hall–Kier alpha value is -0.450. The summed E-state index contributed by atoms with van der Waals surface area (Å²) >= 11 is 0. The molecule has 11 heavy (non-hydrogen) atoms. The van der Waals surface area contributed by atoms with E-state index >= 15 is 0 Å². The van der Waals surface area contributed by atoms with Gasteiger partial charge in [-0.15, -0.1) is 3.89 Å². The summed E-state index contributed by atoms with van der Waals surface area (Å²) in [5, 5.41) is -1.36. The topological polar surface area (TPSA) is 51.2 Å². The summed E-state index contributed by atoms with van der Waals surface area (Å²) in [5.74, 6) is -0.473. The molecule has 1 fully saturated rings. The molecule has 1 unspecified atom stereocenters. The highest BCUT2D eigenvalue weighted by Gasteiger charge is 2.33. The van der Waals surface area contributed by atoms with E-state index in [4.69, 9.17) is 0 Å². The average molecular weight is 180 g/mol. The van der Waals surface area contributed by atoms with Gasteiger partial charge in [-0.25, -0.2) is 0 Å². The van der Waals surface area contributed by atoms with Crippen LogP contribution >= 0.6 is 0 Å². The first-order valence-electron chi connectivity index (χ1n) is 3.48. The fraction of sp³-hybridized carbons (Fsp3) is 0.833. The van der Waals surface area contributed by atoms with E-state index in [2.05, 4.69) is 0 Å². The summed E-state index contributed by atoms with van der Waals surface area (Å²) in [6, 6.07) is 0. The molecule has 0 radical (unpaired) electrons. The molecular weight excluding hydrogens is 171 g/mol. The Labute approximate surface area is 64.8 Å². The smallest absolute Gasteiger partial charge is 0.298 e.